The Morgan fingerprint density at radius 3 is 2.23 bits per heavy atom. The molecular formula is C26H30N2O6S. The lowest BCUT2D eigenvalue weighted by Gasteiger charge is -2.37. The van der Waals surface area contributed by atoms with E-state index in [2.05, 4.69) is 34.9 Å². The molecule has 9 heteroatoms. The third kappa shape index (κ3) is 5.79. The average molecular weight is 499 g/mol. The van der Waals surface area contributed by atoms with E-state index in [1.54, 1.807) is 11.8 Å². The second kappa shape index (κ2) is 11.1. The number of carbonyl (C=O) groups excluding carboxylic acids is 2. The highest BCUT2D eigenvalue weighted by molar-refractivity contribution is 7.99. The van der Waals surface area contributed by atoms with E-state index >= 15 is 0 Å². The normalized spacial score (nSPS) is 17.1. The number of ether oxygens (including phenoxy) is 2. The van der Waals surface area contributed by atoms with Gasteiger partial charge in [0.05, 0.1) is 12.1 Å². The first-order valence-corrected chi connectivity index (χ1v) is 12.8. The summed E-state index contributed by atoms with van der Waals surface area (Å²) in [6.45, 7) is 0.0511. The van der Waals surface area contributed by atoms with Crippen molar-refractivity contribution in [3.8, 4) is 11.1 Å². The van der Waals surface area contributed by atoms with E-state index in [9.17, 15) is 19.5 Å². The van der Waals surface area contributed by atoms with Crippen molar-refractivity contribution >= 4 is 29.7 Å². The molecule has 0 bridgehead atoms. The molecule has 0 saturated carbocycles. The second-order valence-corrected chi connectivity index (χ2v) is 10.2. The Hall–Kier alpha value is -3.04. The molecule has 186 valence electrons. The topological polar surface area (TPSA) is 114 Å². The second-order valence-electron chi connectivity index (χ2n) is 8.93. The Kier molecular flexibility index (Phi) is 7.97. The number of aliphatic carboxylic acids is 1. The van der Waals surface area contributed by atoms with Crippen LogP contribution in [0.2, 0.25) is 0 Å². The van der Waals surface area contributed by atoms with Gasteiger partial charge in [0.1, 0.15) is 6.61 Å². The van der Waals surface area contributed by atoms with E-state index in [0.29, 0.717) is 12.8 Å². The molecule has 2 aromatic carbocycles. The van der Waals surface area contributed by atoms with Crippen LogP contribution in [0, 0.1) is 0 Å². The SMILES string of the molecule is COCC(NC(=O)CC1(NC(=O)OCC2c3ccccc3-c3ccccc32)CCSCC1)C(=O)O. The van der Waals surface area contributed by atoms with Gasteiger partial charge < -0.3 is 25.2 Å². The first-order valence-electron chi connectivity index (χ1n) is 11.6. The van der Waals surface area contributed by atoms with Crippen molar-refractivity contribution in [2.75, 3.05) is 31.8 Å². The van der Waals surface area contributed by atoms with E-state index < -0.39 is 29.6 Å². The Bertz CT molecular complexity index is 1040. The fraction of sp³-hybridized carbons (Fsp3) is 0.423. The summed E-state index contributed by atoms with van der Waals surface area (Å²) in [5.41, 5.74) is 3.77. The first-order chi connectivity index (χ1) is 16.9. The molecule has 35 heavy (non-hydrogen) atoms. The van der Waals surface area contributed by atoms with Crippen LogP contribution in [-0.4, -0.2) is 66.5 Å². The van der Waals surface area contributed by atoms with Crippen LogP contribution < -0.4 is 10.6 Å². The number of carboxylic acids is 1. The highest BCUT2D eigenvalue weighted by atomic mass is 32.2. The number of amides is 2. The fourth-order valence-corrected chi connectivity index (χ4v) is 6.13. The van der Waals surface area contributed by atoms with Gasteiger partial charge in [-0.1, -0.05) is 48.5 Å². The minimum absolute atomic E-state index is 0.0226. The maximum absolute atomic E-state index is 12.9. The minimum atomic E-state index is -1.17. The van der Waals surface area contributed by atoms with Crippen LogP contribution >= 0.6 is 11.8 Å². The predicted molar refractivity (Wildman–Crippen MR) is 134 cm³/mol. The molecule has 8 nitrogen and oxygen atoms in total. The number of alkyl carbamates (subject to hydrolysis) is 1. The van der Waals surface area contributed by atoms with Gasteiger partial charge in [-0.15, -0.1) is 0 Å². The van der Waals surface area contributed by atoms with Crippen molar-refractivity contribution < 1.29 is 29.0 Å². The van der Waals surface area contributed by atoms with Gasteiger partial charge in [-0.3, -0.25) is 4.79 Å². The molecule has 2 aromatic rings. The number of hydrogen-bond donors (Lipinski definition) is 3. The molecule has 0 spiro atoms. The number of carbonyl (C=O) groups is 3. The quantitative estimate of drug-likeness (QED) is 0.486. The highest BCUT2D eigenvalue weighted by Gasteiger charge is 2.38. The van der Waals surface area contributed by atoms with Gasteiger partial charge in [0.2, 0.25) is 5.91 Å². The summed E-state index contributed by atoms with van der Waals surface area (Å²) in [5.74, 6) is -0.0905. The van der Waals surface area contributed by atoms with Gasteiger partial charge in [-0.25, -0.2) is 9.59 Å². The third-order valence-corrected chi connectivity index (χ3v) is 7.61. The van der Waals surface area contributed by atoms with Crippen molar-refractivity contribution in [3.63, 3.8) is 0 Å². The van der Waals surface area contributed by atoms with E-state index in [-0.39, 0.29) is 25.6 Å². The number of rotatable bonds is 9. The van der Waals surface area contributed by atoms with Gasteiger partial charge >= 0.3 is 12.1 Å². The number of nitrogens with one attached hydrogen (secondary N) is 2. The molecule has 2 amide bonds. The number of fused-ring (bicyclic) bond motifs is 3. The number of methoxy groups -OCH3 is 1. The van der Waals surface area contributed by atoms with Gasteiger partial charge in [0.15, 0.2) is 6.04 Å². The van der Waals surface area contributed by atoms with Crippen LogP contribution in [-0.2, 0) is 19.1 Å². The molecule has 3 N–H and O–H groups in total. The molecular weight excluding hydrogens is 468 g/mol. The summed E-state index contributed by atoms with van der Waals surface area (Å²) in [6, 6.07) is 15.1. The van der Waals surface area contributed by atoms with Crippen molar-refractivity contribution in [2.24, 2.45) is 0 Å². The van der Waals surface area contributed by atoms with Crippen LogP contribution in [0.25, 0.3) is 11.1 Å². The molecule has 1 unspecified atom stereocenters. The molecule has 1 atom stereocenters. The summed E-state index contributed by atoms with van der Waals surface area (Å²) < 4.78 is 10.6. The molecule has 0 radical (unpaired) electrons. The van der Waals surface area contributed by atoms with E-state index in [4.69, 9.17) is 9.47 Å². The zero-order valence-corrected chi connectivity index (χ0v) is 20.4. The standard InChI is InChI=1S/C26H30N2O6S/c1-33-16-22(24(30)31)27-23(29)14-26(10-12-35-13-11-26)28-25(32)34-15-21-19-8-4-2-6-17(19)18-7-3-5-9-20(18)21/h2-9,21-22H,10-16H2,1H3,(H,27,29)(H,28,32)(H,30,31). The Balaban J connectivity index is 1.41. The molecule has 1 saturated heterocycles. The van der Waals surface area contributed by atoms with E-state index in [1.165, 1.54) is 7.11 Å². The molecule has 4 rings (SSSR count). The van der Waals surface area contributed by atoms with Gasteiger partial charge in [-0.2, -0.15) is 11.8 Å². The van der Waals surface area contributed by atoms with Gasteiger partial charge in [-0.05, 0) is 46.6 Å². The molecule has 0 aromatic heterocycles. The Morgan fingerprint density at radius 1 is 1.06 bits per heavy atom. The van der Waals surface area contributed by atoms with E-state index in [1.807, 2.05) is 24.3 Å². The van der Waals surface area contributed by atoms with Crippen molar-refractivity contribution in [2.45, 2.75) is 36.8 Å². The average Bonchev–Trinajstić information content (AvgIpc) is 3.16. The number of hydrogen-bond acceptors (Lipinski definition) is 6. The number of carboxylic acid groups (broad SMARTS) is 1. The van der Waals surface area contributed by atoms with Crippen molar-refractivity contribution in [1.29, 1.82) is 0 Å². The smallest absolute Gasteiger partial charge is 0.407 e. The van der Waals surface area contributed by atoms with Crippen molar-refractivity contribution in [3.05, 3.63) is 59.7 Å². The molecule has 1 heterocycles. The Labute approximate surface area is 208 Å². The Morgan fingerprint density at radius 2 is 1.66 bits per heavy atom. The van der Waals surface area contributed by atoms with Crippen molar-refractivity contribution in [1.82, 2.24) is 10.6 Å². The van der Waals surface area contributed by atoms with Crippen LogP contribution in [0.3, 0.4) is 0 Å². The third-order valence-electron chi connectivity index (χ3n) is 6.63. The molecule has 1 aliphatic carbocycles. The van der Waals surface area contributed by atoms with Gasteiger partial charge in [0.25, 0.3) is 0 Å². The summed E-state index contributed by atoms with van der Waals surface area (Å²) >= 11 is 1.76. The largest absolute Gasteiger partial charge is 0.480 e. The summed E-state index contributed by atoms with van der Waals surface area (Å²) in [4.78, 5) is 37.0. The molecule has 1 fully saturated rings. The highest BCUT2D eigenvalue weighted by Crippen LogP contribution is 2.44. The molecule has 1 aliphatic heterocycles. The monoisotopic (exact) mass is 498 g/mol. The minimum Gasteiger partial charge on any atom is -0.480 e. The van der Waals surface area contributed by atoms with Crippen LogP contribution in [0.15, 0.2) is 48.5 Å². The lowest BCUT2D eigenvalue weighted by atomic mass is 9.88. The number of thioether (sulfide) groups is 1. The lowest BCUT2D eigenvalue weighted by Crippen LogP contribution is -2.55. The summed E-state index contributed by atoms with van der Waals surface area (Å²) in [5, 5.41) is 14.7. The summed E-state index contributed by atoms with van der Waals surface area (Å²) in [7, 11) is 1.38. The maximum atomic E-state index is 12.9. The number of benzene rings is 2. The zero-order valence-electron chi connectivity index (χ0n) is 19.6. The van der Waals surface area contributed by atoms with Gasteiger partial charge in [0, 0.05) is 19.4 Å². The van der Waals surface area contributed by atoms with E-state index in [0.717, 1.165) is 33.8 Å². The fourth-order valence-electron chi connectivity index (χ4n) is 4.85. The first kappa shape index (κ1) is 25.1. The van der Waals surface area contributed by atoms with Crippen LogP contribution in [0.4, 0.5) is 4.79 Å². The van der Waals surface area contributed by atoms with Crippen LogP contribution in [0.5, 0.6) is 0 Å². The molecule has 2 aliphatic rings. The zero-order chi connectivity index (χ0) is 24.8. The summed E-state index contributed by atoms with van der Waals surface area (Å²) in [6.07, 6.45) is 0.595. The maximum Gasteiger partial charge on any atom is 0.407 e. The van der Waals surface area contributed by atoms with Crippen LogP contribution in [0.1, 0.15) is 36.3 Å². The lowest BCUT2D eigenvalue weighted by molar-refractivity contribution is -0.143. The predicted octanol–water partition coefficient (Wildman–Crippen LogP) is 3.40.